The molecule has 0 bridgehead atoms. The SMILES string of the molecule is CCOCCOC(C)c1nc2ccccc2[nH]1.NC(=O)O. The van der Waals surface area contributed by atoms with Crippen LogP contribution in [0.5, 0.6) is 0 Å². The minimum absolute atomic E-state index is 0.0390. The summed E-state index contributed by atoms with van der Waals surface area (Å²) in [6.45, 7) is 5.90. The van der Waals surface area contributed by atoms with E-state index in [0.29, 0.717) is 13.2 Å². The fourth-order valence-corrected chi connectivity index (χ4v) is 1.67. The molecule has 2 aromatic rings. The number of para-hydroxylation sites is 2. The van der Waals surface area contributed by atoms with Crippen molar-refractivity contribution in [2.24, 2.45) is 5.73 Å². The standard InChI is InChI=1S/C13H18N2O2.CH3NO2/c1-3-16-8-9-17-10(2)13-14-11-6-4-5-7-12(11)15-13;2-1(3)4/h4-7,10H,3,8-9H2,1-2H3,(H,14,15);2H2,(H,3,4). The highest BCUT2D eigenvalue weighted by molar-refractivity contribution is 5.74. The maximum atomic E-state index is 8.78. The summed E-state index contributed by atoms with van der Waals surface area (Å²) >= 11 is 0. The highest BCUT2D eigenvalue weighted by Gasteiger charge is 2.10. The number of benzene rings is 1. The van der Waals surface area contributed by atoms with E-state index >= 15 is 0 Å². The van der Waals surface area contributed by atoms with E-state index in [0.717, 1.165) is 23.5 Å². The highest BCUT2D eigenvalue weighted by Crippen LogP contribution is 2.17. The summed E-state index contributed by atoms with van der Waals surface area (Å²) in [5, 5.41) is 7.19. The zero-order valence-electron chi connectivity index (χ0n) is 12.2. The molecule has 1 aromatic heterocycles. The second-order valence-electron chi connectivity index (χ2n) is 4.19. The van der Waals surface area contributed by atoms with E-state index in [1.807, 2.05) is 38.1 Å². The zero-order chi connectivity index (χ0) is 15.7. The molecule has 116 valence electrons. The van der Waals surface area contributed by atoms with Crippen LogP contribution in [0.15, 0.2) is 24.3 Å². The van der Waals surface area contributed by atoms with Crippen molar-refractivity contribution >= 4 is 17.1 Å². The first-order valence-electron chi connectivity index (χ1n) is 6.67. The monoisotopic (exact) mass is 295 g/mol. The molecule has 1 unspecified atom stereocenters. The summed E-state index contributed by atoms with van der Waals surface area (Å²) in [6, 6.07) is 7.97. The molecule has 1 amide bonds. The Morgan fingerprint density at radius 1 is 1.43 bits per heavy atom. The van der Waals surface area contributed by atoms with Crippen molar-refractivity contribution in [2.75, 3.05) is 19.8 Å². The number of aromatic nitrogens is 2. The molecule has 0 aliphatic rings. The Bertz CT molecular complexity index is 519. The summed E-state index contributed by atoms with van der Waals surface area (Å²) in [7, 11) is 0. The average molecular weight is 295 g/mol. The van der Waals surface area contributed by atoms with Crippen LogP contribution in [-0.4, -0.2) is 41.0 Å². The molecule has 21 heavy (non-hydrogen) atoms. The number of amides is 1. The van der Waals surface area contributed by atoms with E-state index < -0.39 is 6.09 Å². The smallest absolute Gasteiger partial charge is 0.402 e. The van der Waals surface area contributed by atoms with Gasteiger partial charge in [-0.1, -0.05) is 12.1 Å². The molecule has 2 rings (SSSR count). The minimum Gasteiger partial charge on any atom is -0.465 e. The molecule has 1 atom stereocenters. The number of carboxylic acid groups (broad SMARTS) is 1. The Kier molecular flexibility index (Phi) is 7.20. The van der Waals surface area contributed by atoms with Crippen LogP contribution in [0.1, 0.15) is 25.8 Å². The summed E-state index contributed by atoms with van der Waals surface area (Å²) < 4.78 is 10.9. The molecule has 0 spiro atoms. The van der Waals surface area contributed by atoms with Crippen LogP contribution >= 0.6 is 0 Å². The van der Waals surface area contributed by atoms with Crippen LogP contribution in [0.4, 0.5) is 4.79 Å². The van der Waals surface area contributed by atoms with Gasteiger partial charge in [-0.15, -0.1) is 0 Å². The van der Waals surface area contributed by atoms with Crippen LogP contribution in [-0.2, 0) is 9.47 Å². The van der Waals surface area contributed by atoms with Crippen LogP contribution in [0.2, 0.25) is 0 Å². The quantitative estimate of drug-likeness (QED) is 0.708. The van der Waals surface area contributed by atoms with E-state index in [4.69, 9.17) is 19.4 Å². The Balaban J connectivity index is 0.000000491. The number of nitrogens with one attached hydrogen (secondary N) is 1. The molecule has 1 heterocycles. The second kappa shape index (κ2) is 8.93. The molecular weight excluding hydrogens is 274 g/mol. The number of hydrogen-bond donors (Lipinski definition) is 3. The Morgan fingerprint density at radius 3 is 2.71 bits per heavy atom. The lowest BCUT2D eigenvalue weighted by Crippen LogP contribution is -2.08. The lowest BCUT2D eigenvalue weighted by molar-refractivity contribution is 0.0115. The van der Waals surface area contributed by atoms with Crippen molar-refractivity contribution in [1.82, 2.24) is 9.97 Å². The number of hydrogen-bond acceptors (Lipinski definition) is 4. The maximum absolute atomic E-state index is 8.78. The Labute approximate surface area is 123 Å². The van der Waals surface area contributed by atoms with Gasteiger partial charge in [-0.05, 0) is 26.0 Å². The zero-order valence-corrected chi connectivity index (χ0v) is 12.2. The largest absolute Gasteiger partial charge is 0.465 e. The van der Waals surface area contributed by atoms with Crippen molar-refractivity contribution in [3.63, 3.8) is 0 Å². The molecule has 7 heteroatoms. The molecule has 1 aromatic carbocycles. The number of H-pyrrole nitrogens is 1. The van der Waals surface area contributed by atoms with E-state index in [1.54, 1.807) is 0 Å². The van der Waals surface area contributed by atoms with Gasteiger partial charge in [0.25, 0.3) is 0 Å². The fraction of sp³-hybridized carbons (Fsp3) is 0.429. The molecule has 0 saturated heterocycles. The normalized spacial score (nSPS) is 11.7. The minimum atomic E-state index is -1.33. The third-order valence-corrected chi connectivity index (χ3v) is 2.59. The second-order valence-corrected chi connectivity index (χ2v) is 4.19. The molecule has 0 saturated carbocycles. The van der Waals surface area contributed by atoms with Gasteiger partial charge in [-0.3, -0.25) is 0 Å². The number of carbonyl (C=O) groups is 1. The van der Waals surface area contributed by atoms with Gasteiger partial charge in [0.05, 0.1) is 24.2 Å². The molecule has 4 N–H and O–H groups in total. The van der Waals surface area contributed by atoms with Gasteiger partial charge < -0.3 is 25.3 Å². The first kappa shape index (κ1) is 16.9. The fourth-order valence-electron chi connectivity index (χ4n) is 1.67. The predicted octanol–water partition coefficient (Wildman–Crippen LogP) is 2.30. The van der Waals surface area contributed by atoms with Gasteiger partial charge in [-0.25, -0.2) is 9.78 Å². The van der Waals surface area contributed by atoms with Crippen LogP contribution in [0.25, 0.3) is 11.0 Å². The van der Waals surface area contributed by atoms with Crippen LogP contribution < -0.4 is 5.73 Å². The van der Waals surface area contributed by atoms with Gasteiger partial charge in [0.15, 0.2) is 0 Å². The highest BCUT2D eigenvalue weighted by atomic mass is 16.5. The summed E-state index contributed by atoms with van der Waals surface area (Å²) in [5.74, 6) is 0.864. The van der Waals surface area contributed by atoms with E-state index in [-0.39, 0.29) is 6.10 Å². The lowest BCUT2D eigenvalue weighted by Gasteiger charge is -2.10. The van der Waals surface area contributed by atoms with E-state index in [1.165, 1.54) is 0 Å². The van der Waals surface area contributed by atoms with Gasteiger partial charge in [0.2, 0.25) is 0 Å². The van der Waals surface area contributed by atoms with Crippen molar-refractivity contribution in [3.8, 4) is 0 Å². The number of fused-ring (bicyclic) bond motifs is 1. The van der Waals surface area contributed by atoms with Crippen molar-refractivity contribution < 1.29 is 19.4 Å². The number of primary amides is 1. The van der Waals surface area contributed by atoms with Crippen molar-refractivity contribution in [3.05, 3.63) is 30.1 Å². The lowest BCUT2D eigenvalue weighted by atomic mass is 10.3. The van der Waals surface area contributed by atoms with Crippen LogP contribution in [0, 0.1) is 0 Å². The summed E-state index contributed by atoms with van der Waals surface area (Å²) in [6.07, 6.45) is -1.37. The molecule has 0 aliphatic carbocycles. The predicted molar refractivity (Wildman–Crippen MR) is 79.2 cm³/mol. The maximum Gasteiger partial charge on any atom is 0.402 e. The first-order chi connectivity index (χ1) is 10.0. The number of aromatic amines is 1. The number of imidazole rings is 1. The topological polar surface area (TPSA) is 110 Å². The molecule has 0 fully saturated rings. The van der Waals surface area contributed by atoms with E-state index in [9.17, 15) is 0 Å². The summed E-state index contributed by atoms with van der Waals surface area (Å²) in [4.78, 5) is 16.5. The first-order valence-corrected chi connectivity index (χ1v) is 6.67. The molecule has 7 nitrogen and oxygen atoms in total. The number of nitrogens with two attached hydrogens (primary N) is 1. The molecule has 0 radical (unpaired) electrons. The third kappa shape index (κ3) is 6.24. The number of ether oxygens (including phenoxy) is 2. The molecular formula is C14H21N3O4. The van der Waals surface area contributed by atoms with Crippen molar-refractivity contribution in [2.45, 2.75) is 20.0 Å². The van der Waals surface area contributed by atoms with Gasteiger partial charge >= 0.3 is 6.09 Å². The third-order valence-electron chi connectivity index (χ3n) is 2.59. The van der Waals surface area contributed by atoms with Gasteiger partial charge in [0.1, 0.15) is 11.9 Å². The molecule has 0 aliphatic heterocycles. The Hall–Kier alpha value is -2.12. The van der Waals surface area contributed by atoms with Crippen LogP contribution in [0.3, 0.4) is 0 Å². The Morgan fingerprint density at radius 2 is 2.10 bits per heavy atom. The van der Waals surface area contributed by atoms with Gasteiger partial charge in [-0.2, -0.15) is 0 Å². The number of rotatable bonds is 6. The summed E-state index contributed by atoms with van der Waals surface area (Å²) in [5.41, 5.74) is 6.05. The van der Waals surface area contributed by atoms with Gasteiger partial charge in [0, 0.05) is 6.61 Å². The van der Waals surface area contributed by atoms with E-state index in [2.05, 4.69) is 15.7 Å². The average Bonchev–Trinajstić information content (AvgIpc) is 2.86. The van der Waals surface area contributed by atoms with Crippen molar-refractivity contribution in [1.29, 1.82) is 0 Å². The number of nitrogens with zero attached hydrogens (tertiary/aromatic N) is 1.